The predicted octanol–water partition coefficient (Wildman–Crippen LogP) is 2.88. The first-order valence-electron chi connectivity index (χ1n) is 7.99. The quantitative estimate of drug-likeness (QED) is 0.555. The molecule has 0 bridgehead atoms. The third-order valence-corrected chi connectivity index (χ3v) is 4.10. The van der Waals surface area contributed by atoms with Crippen LogP contribution in [0.2, 0.25) is 0 Å². The molecule has 0 atom stereocenters. The Hall–Kier alpha value is -3.74. The van der Waals surface area contributed by atoms with Crippen LogP contribution in [0.25, 0.3) is 22.2 Å². The summed E-state index contributed by atoms with van der Waals surface area (Å²) in [5.74, 6) is 1.13. The van der Waals surface area contributed by atoms with Crippen LogP contribution < -0.4 is 10.9 Å². The average Bonchev–Trinajstić information content (AvgIpc) is 3.02. The van der Waals surface area contributed by atoms with Crippen LogP contribution in [0.3, 0.4) is 0 Å². The molecule has 0 spiro atoms. The number of nitrogens with zero attached hydrogens (tertiary/aromatic N) is 3. The lowest BCUT2D eigenvalue weighted by Gasteiger charge is -2.05. The molecule has 0 amide bonds. The van der Waals surface area contributed by atoms with E-state index in [0.29, 0.717) is 22.7 Å². The maximum absolute atomic E-state index is 11.8. The maximum Gasteiger partial charge on any atom is 0.255 e. The zero-order valence-corrected chi connectivity index (χ0v) is 13.9. The summed E-state index contributed by atoms with van der Waals surface area (Å²) >= 11 is 0. The maximum atomic E-state index is 11.8. The number of benzene rings is 2. The highest BCUT2D eigenvalue weighted by atomic mass is 16.1. The monoisotopic (exact) mass is 345 g/mol. The summed E-state index contributed by atoms with van der Waals surface area (Å²) in [5, 5.41) is 9.10. The highest BCUT2D eigenvalue weighted by Gasteiger charge is 2.10. The fourth-order valence-corrected chi connectivity index (χ4v) is 2.73. The van der Waals surface area contributed by atoms with Crippen molar-refractivity contribution in [3.8, 4) is 11.4 Å². The third kappa shape index (κ3) is 2.86. The summed E-state index contributed by atoms with van der Waals surface area (Å²) in [6.07, 6.45) is 2.42. The van der Waals surface area contributed by atoms with Gasteiger partial charge in [0.05, 0.1) is 0 Å². The predicted molar refractivity (Wildman–Crippen MR) is 99.7 cm³/mol. The largest absolute Gasteiger partial charge is 0.329 e. The molecule has 2 aromatic heterocycles. The Morgan fingerprint density at radius 2 is 1.92 bits per heavy atom. The van der Waals surface area contributed by atoms with Crippen LogP contribution in [0, 0.1) is 0 Å². The van der Waals surface area contributed by atoms with E-state index in [-0.39, 0.29) is 5.56 Å². The molecule has 2 N–H and O–H groups in total. The molecular weight excluding hydrogens is 330 g/mol. The van der Waals surface area contributed by atoms with Gasteiger partial charge in [-0.3, -0.25) is 9.59 Å². The van der Waals surface area contributed by atoms with Crippen molar-refractivity contribution >= 4 is 28.7 Å². The number of hydrogen-bond donors (Lipinski definition) is 2. The van der Waals surface area contributed by atoms with Crippen LogP contribution in [0.5, 0.6) is 0 Å². The van der Waals surface area contributed by atoms with E-state index >= 15 is 0 Å². The second-order valence-electron chi connectivity index (χ2n) is 5.86. The number of fused-ring (bicyclic) bond motifs is 1. The van der Waals surface area contributed by atoms with Crippen molar-refractivity contribution in [1.29, 1.82) is 0 Å². The highest BCUT2D eigenvalue weighted by Crippen LogP contribution is 2.22. The molecule has 7 nitrogen and oxygen atoms in total. The van der Waals surface area contributed by atoms with Crippen LogP contribution in [0.15, 0.2) is 59.5 Å². The lowest BCUT2D eigenvalue weighted by molar-refractivity contribution is 0.112. The summed E-state index contributed by atoms with van der Waals surface area (Å²) < 4.78 is 1.64. The molecule has 0 unspecified atom stereocenters. The Labute approximate surface area is 148 Å². The van der Waals surface area contributed by atoms with Gasteiger partial charge < -0.3 is 10.3 Å². The molecule has 128 valence electrons. The van der Waals surface area contributed by atoms with Crippen LogP contribution in [-0.4, -0.2) is 26.0 Å². The van der Waals surface area contributed by atoms with E-state index in [0.717, 1.165) is 22.9 Å². The van der Waals surface area contributed by atoms with Gasteiger partial charge in [-0.15, -0.1) is 5.10 Å². The number of aromatic nitrogens is 4. The zero-order chi connectivity index (χ0) is 18.1. The summed E-state index contributed by atoms with van der Waals surface area (Å²) in [6.45, 7) is 0. The van der Waals surface area contributed by atoms with Gasteiger partial charge in [0.2, 0.25) is 5.95 Å². The van der Waals surface area contributed by atoms with Gasteiger partial charge in [-0.2, -0.15) is 4.98 Å². The molecule has 4 rings (SSSR count). The minimum Gasteiger partial charge on any atom is -0.329 e. The third-order valence-electron chi connectivity index (χ3n) is 4.10. The van der Waals surface area contributed by atoms with Crippen LogP contribution in [0.4, 0.5) is 11.6 Å². The van der Waals surface area contributed by atoms with Crippen molar-refractivity contribution in [1.82, 2.24) is 19.7 Å². The number of rotatable bonds is 4. The zero-order valence-electron chi connectivity index (χ0n) is 13.9. The normalized spacial score (nSPS) is 10.8. The summed E-state index contributed by atoms with van der Waals surface area (Å²) in [5.41, 5.74) is 2.12. The van der Waals surface area contributed by atoms with Crippen molar-refractivity contribution in [2.75, 3.05) is 5.32 Å². The SMILES string of the molecule is Cn1nc(-c2ccc(C=O)cc2)nc1Nc1ccc2c(=O)[nH]ccc2c1. The topological polar surface area (TPSA) is 92.7 Å². The van der Waals surface area contributed by atoms with E-state index in [1.807, 2.05) is 30.3 Å². The number of pyridine rings is 1. The number of carbonyl (C=O) groups is 1. The number of carbonyl (C=O) groups excluding carboxylic acids is 1. The number of hydrogen-bond acceptors (Lipinski definition) is 5. The summed E-state index contributed by atoms with van der Waals surface area (Å²) in [4.78, 5) is 29.7. The fraction of sp³-hybridized carbons (Fsp3) is 0.0526. The molecule has 0 saturated heterocycles. The summed E-state index contributed by atoms with van der Waals surface area (Å²) in [7, 11) is 1.80. The Bertz CT molecular complexity index is 1160. The minimum atomic E-state index is -0.117. The Morgan fingerprint density at radius 1 is 1.12 bits per heavy atom. The van der Waals surface area contributed by atoms with Gasteiger partial charge in [0.25, 0.3) is 5.56 Å². The van der Waals surface area contributed by atoms with Crippen molar-refractivity contribution in [2.24, 2.45) is 7.05 Å². The first kappa shape index (κ1) is 15.8. The van der Waals surface area contributed by atoms with Crippen molar-refractivity contribution in [3.63, 3.8) is 0 Å². The van der Waals surface area contributed by atoms with Crippen molar-refractivity contribution in [2.45, 2.75) is 0 Å². The molecule has 7 heteroatoms. The van der Waals surface area contributed by atoms with Gasteiger partial charge in [0, 0.05) is 35.4 Å². The van der Waals surface area contributed by atoms with E-state index in [2.05, 4.69) is 20.4 Å². The number of aldehydes is 1. The molecule has 2 aromatic carbocycles. The smallest absolute Gasteiger partial charge is 0.255 e. The van der Waals surface area contributed by atoms with Crippen LogP contribution >= 0.6 is 0 Å². The van der Waals surface area contributed by atoms with E-state index < -0.39 is 0 Å². The Balaban J connectivity index is 1.65. The van der Waals surface area contributed by atoms with Gasteiger partial charge in [0.1, 0.15) is 6.29 Å². The van der Waals surface area contributed by atoms with Gasteiger partial charge in [-0.25, -0.2) is 4.68 Å². The summed E-state index contributed by atoms with van der Waals surface area (Å²) in [6, 6.07) is 14.4. The first-order valence-corrected chi connectivity index (χ1v) is 7.99. The van der Waals surface area contributed by atoms with Crippen molar-refractivity contribution < 1.29 is 4.79 Å². The van der Waals surface area contributed by atoms with E-state index in [4.69, 9.17) is 0 Å². The molecule has 0 aliphatic rings. The second-order valence-corrected chi connectivity index (χ2v) is 5.86. The second kappa shape index (κ2) is 6.29. The van der Waals surface area contributed by atoms with Gasteiger partial charge in [-0.05, 0) is 29.7 Å². The van der Waals surface area contributed by atoms with Gasteiger partial charge in [-0.1, -0.05) is 24.3 Å². The fourth-order valence-electron chi connectivity index (χ4n) is 2.73. The molecule has 2 heterocycles. The molecular formula is C19H15N5O2. The van der Waals surface area contributed by atoms with E-state index in [1.54, 1.807) is 36.1 Å². The average molecular weight is 345 g/mol. The van der Waals surface area contributed by atoms with Gasteiger partial charge >= 0.3 is 0 Å². The number of H-pyrrole nitrogens is 1. The lowest BCUT2D eigenvalue weighted by atomic mass is 10.1. The molecule has 26 heavy (non-hydrogen) atoms. The van der Waals surface area contributed by atoms with Crippen LogP contribution in [-0.2, 0) is 7.05 Å². The molecule has 4 aromatic rings. The number of anilines is 2. The van der Waals surface area contributed by atoms with Crippen molar-refractivity contribution in [3.05, 3.63) is 70.6 Å². The Kier molecular flexibility index (Phi) is 3.81. The van der Waals surface area contributed by atoms with Crippen LogP contribution in [0.1, 0.15) is 10.4 Å². The highest BCUT2D eigenvalue weighted by molar-refractivity contribution is 5.85. The molecule has 0 aliphatic carbocycles. The first-order chi connectivity index (χ1) is 12.6. The Morgan fingerprint density at radius 3 is 2.69 bits per heavy atom. The number of nitrogens with one attached hydrogen (secondary N) is 2. The molecule has 0 saturated carbocycles. The molecule has 0 radical (unpaired) electrons. The van der Waals surface area contributed by atoms with E-state index in [9.17, 15) is 9.59 Å². The molecule has 0 aliphatic heterocycles. The molecule has 0 fully saturated rings. The lowest BCUT2D eigenvalue weighted by Crippen LogP contribution is -2.05. The number of aromatic amines is 1. The van der Waals surface area contributed by atoms with E-state index in [1.165, 1.54) is 0 Å². The minimum absolute atomic E-state index is 0.117. The van der Waals surface area contributed by atoms with Gasteiger partial charge in [0.15, 0.2) is 5.82 Å². The number of aryl methyl sites for hydroxylation is 1. The standard InChI is InChI=1S/C19H15N5O2/c1-24-19(22-17(23-24)13-4-2-12(11-25)3-5-13)21-15-6-7-16-14(10-15)8-9-20-18(16)26/h2-11H,1H3,(H,20,26)(H,21,22,23).